The van der Waals surface area contributed by atoms with Crippen LogP contribution in [0.4, 0.5) is 4.39 Å². The number of ether oxygens (including phenoxy) is 1. The summed E-state index contributed by atoms with van der Waals surface area (Å²) in [5.74, 6) is 0.157. The van der Waals surface area contributed by atoms with Crippen LogP contribution < -0.4 is 0 Å². The molecule has 2 aromatic rings. The van der Waals surface area contributed by atoms with Crippen LogP contribution in [0.1, 0.15) is 12.8 Å². The van der Waals surface area contributed by atoms with Crippen LogP contribution in [0, 0.1) is 16.5 Å². The zero-order valence-corrected chi connectivity index (χ0v) is 11.9. The highest BCUT2D eigenvalue weighted by molar-refractivity contribution is 7.71. The van der Waals surface area contributed by atoms with Gasteiger partial charge in [-0.1, -0.05) is 11.6 Å². The highest BCUT2D eigenvalue weighted by Gasteiger charge is 2.16. The van der Waals surface area contributed by atoms with Gasteiger partial charge in [0.2, 0.25) is 0 Å². The molecule has 1 aromatic heterocycles. The van der Waals surface area contributed by atoms with Gasteiger partial charge >= 0.3 is 0 Å². The van der Waals surface area contributed by atoms with Crippen LogP contribution in [-0.2, 0) is 11.3 Å². The van der Waals surface area contributed by atoms with Crippen molar-refractivity contribution in [2.75, 3.05) is 13.2 Å². The largest absolute Gasteiger partial charge is 0.381 e. The average Bonchev–Trinajstić information content (AvgIpc) is 2.96. The first-order chi connectivity index (χ1) is 9.15. The van der Waals surface area contributed by atoms with E-state index in [4.69, 9.17) is 28.6 Å². The maximum Gasteiger partial charge on any atom is 0.178 e. The number of aromatic nitrogens is 2. The van der Waals surface area contributed by atoms with Gasteiger partial charge in [-0.05, 0) is 37.0 Å². The second kappa shape index (κ2) is 5.23. The van der Waals surface area contributed by atoms with Crippen molar-refractivity contribution in [3.05, 3.63) is 27.7 Å². The minimum atomic E-state index is -0.429. The lowest BCUT2D eigenvalue weighted by Crippen LogP contribution is -2.06. The molecule has 1 unspecified atom stereocenters. The molecule has 0 saturated carbocycles. The fraction of sp³-hybridized carbons (Fsp3) is 0.462. The Kier molecular flexibility index (Phi) is 3.60. The third-order valence-electron chi connectivity index (χ3n) is 3.60. The third kappa shape index (κ3) is 2.55. The molecule has 3 nitrogen and oxygen atoms in total. The van der Waals surface area contributed by atoms with Crippen LogP contribution in [0.25, 0.3) is 11.0 Å². The maximum atomic E-state index is 13.4. The van der Waals surface area contributed by atoms with Crippen LogP contribution in [0.5, 0.6) is 0 Å². The molecular weight excluding hydrogens is 287 g/mol. The summed E-state index contributed by atoms with van der Waals surface area (Å²) < 4.78 is 21.4. The highest BCUT2D eigenvalue weighted by Crippen LogP contribution is 2.24. The summed E-state index contributed by atoms with van der Waals surface area (Å²) in [6.45, 7) is 2.47. The first-order valence-electron chi connectivity index (χ1n) is 6.30. The molecule has 0 radical (unpaired) electrons. The van der Waals surface area contributed by atoms with Gasteiger partial charge in [0.1, 0.15) is 5.82 Å². The molecule has 1 aliphatic heterocycles. The van der Waals surface area contributed by atoms with E-state index in [1.165, 1.54) is 6.07 Å². The topological polar surface area (TPSA) is 29.9 Å². The Hall–Kier alpha value is -0.910. The number of benzene rings is 1. The van der Waals surface area contributed by atoms with E-state index in [0.717, 1.165) is 38.1 Å². The molecule has 19 heavy (non-hydrogen) atoms. The van der Waals surface area contributed by atoms with Crippen molar-refractivity contribution < 1.29 is 9.13 Å². The molecule has 6 heteroatoms. The predicted molar refractivity (Wildman–Crippen MR) is 75.6 cm³/mol. The fourth-order valence-electron chi connectivity index (χ4n) is 2.50. The van der Waals surface area contributed by atoms with Gasteiger partial charge in [-0.2, -0.15) is 0 Å². The lowest BCUT2D eigenvalue weighted by Gasteiger charge is -2.09. The summed E-state index contributed by atoms with van der Waals surface area (Å²) in [5.41, 5.74) is 1.55. The number of fused-ring (bicyclic) bond motifs is 1. The molecule has 0 spiro atoms. The third-order valence-corrected chi connectivity index (χ3v) is 4.21. The summed E-state index contributed by atoms with van der Waals surface area (Å²) in [5, 5.41) is 0.124. The predicted octanol–water partition coefficient (Wildman–Crippen LogP) is 3.92. The van der Waals surface area contributed by atoms with E-state index in [1.54, 1.807) is 6.07 Å². The molecule has 2 heterocycles. The Morgan fingerprint density at radius 2 is 2.37 bits per heavy atom. The highest BCUT2D eigenvalue weighted by atomic mass is 35.5. The SMILES string of the molecule is Fc1cc2[nH]c(=S)n(CCC3CCOC3)c2cc1Cl. The van der Waals surface area contributed by atoms with Gasteiger partial charge in [-0.25, -0.2) is 4.39 Å². The normalized spacial score (nSPS) is 19.4. The number of halogens is 2. The Morgan fingerprint density at radius 1 is 1.53 bits per heavy atom. The van der Waals surface area contributed by atoms with Crippen molar-refractivity contribution in [2.24, 2.45) is 5.92 Å². The number of hydrogen-bond donors (Lipinski definition) is 1. The Labute approximate surface area is 120 Å². The number of H-pyrrole nitrogens is 1. The number of rotatable bonds is 3. The molecular formula is C13H14ClFN2OS. The molecule has 1 aromatic carbocycles. The smallest absolute Gasteiger partial charge is 0.178 e. The quantitative estimate of drug-likeness (QED) is 0.871. The van der Waals surface area contributed by atoms with E-state index < -0.39 is 5.82 Å². The fourth-order valence-corrected chi connectivity index (χ4v) is 2.95. The molecule has 1 aliphatic rings. The Balaban J connectivity index is 1.91. The van der Waals surface area contributed by atoms with Crippen molar-refractivity contribution in [1.82, 2.24) is 9.55 Å². The van der Waals surface area contributed by atoms with E-state index in [0.29, 0.717) is 16.2 Å². The molecule has 1 atom stereocenters. The Bertz CT molecular complexity index is 660. The van der Waals surface area contributed by atoms with Gasteiger partial charge in [0.25, 0.3) is 0 Å². The zero-order valence-electron chi connectivity index (χ0n) is 10.3. The number of nitrogens with zero attached hydrogens (tertiary/aromatic N) is 1. The van der Waals surface area contributed by atoms with Crippen LogP contribution in [0.2, 0.25) is 5.02 Å². The molecule has 0 amide bonds. The number of nitrogens with one attached hydrogen (secondary N) is 1. The van der Waals surface area contributed by atoms with E-state index in [-0.39, 0.29) is 5.02 Å². The summed E-state index contributed by atoms with van der Waals surface area (Å²) >= 11 is 11.1. The van der Waals surface area contributed by atoms with E-state index in [2.05, 4.69) is 4.98 Å². The minimum absolute atomic E-state index is 0.124. The van der Waals surface area contributed by atoms with Crippen LogP contribution in [0.3, 0.4) is 0 Å². The average molecular weight is 301 g/mol. The molecule has 1 saturated heterocycles. The van der Waals surface area contributed by atoms with Gasteiger partial charge < -0.3 is 14.3 Å². The molecule has 0 bridgehead atoms. The summed E-state index contributed by atoms with van der Waals surface area (Å²) in [6, 6.07) is 3.02. The molecule has 0 aliphatic carbocycles. The lowest BCUT2D eigenvalue weighted by molar-refractivity contribution is 0.183. The summed E-state index contributed by atoms with van der Waals surface area (Å²) in [4.78, 5) is 3.02. The zero-order chi connectivity index (χ0) is 13.4. The Morgan fingerprint density at radius 3 is 3.11 bits per heavy atom. The first-order valence-corrected chi connectivity index (χ1v) is 7.09. The van der Waals surface area contributed by atoms with Gasteiger partial charge in [-0.15, -0.1) is 0 Å². The monoisotopic (exact) mass is 300 g/mol. The summed E-state index contributed by atoms with van der Waals surface area (Å²) in [7, 11) is 0. The lowest BCUT2D eigenvalue weighted by atomic mass is 10.1. The van der Waals surface area contributed by atoms with Crippen molar-refractivity contribution in [3.63, 3.8) is 0 Å². The minimum Gasteiger partial charge on any atom is -0.381 e. The molecule has 1 fully saturated rings. The second-order valence-electron chi connectivity index (χ2n) is 4.88. The second-order valence-corrected chi connectivity index (χ2v) is 5.68. The van der Waals surface area contributed by atoms with Crippen molar-refractivity contribution in [1.29, 1.82) is 0 Å². The van der Waals surface area contributed by atoms with E-state index >= 15 is 0 Å². The van der Waals surface area contributed by atoms with Gasteiger partial charge in [-0.3, -0.25) is 0 Å². The van der Waals surface area contributed by atoms with Crippen molar-refractivity contribution in [3.8, 4) is 0 Å². The standard InChI is InChI=1S/C13H14ClFN2OS/c14-9-5-12-11(6-10(9)15)16-13(19)17(12)3-1-8-2-4-18-7-8/h5-6,8H,1-4,7H2,(H,16,19). The van der Waals surface area contributed by atoms with Gasteiger partial charge in [0.15, 0.2) is 4.77 Å². The van der Waals surface area contributed by atoms with Crippen molar-refractivity contribution >= 4 is 34.9 Å². The number of imidazole rings is 1. The molecule has 3 rings (SSSR count). The molecule has 1 N–H and O–H groups in total. The van der Waals surface area contributed by atoms with Crippen molar-refractivity contribution in [2.45, 2.75) is 19.4 Å². The summed E-state index contributed by atoms with van der Waals surface area (Å²) in [6.07, 6.45) is 2.11. The van der Waals surface area contributed by atoms with E-state index in [1.807, 2.05) is 4.57 Å². The van der Waals surface area contributed by atoms with Crippen LogP contribution in [0.15, 0.2) is 12.1 Å². The number of aryl methyl sites for hydroxylation is 1. The first kappa shape index (κ1) is 13.1. The maximum absolute atomic E-state index is 13.4. The van der Waals surface area contributed by atoms with Gasteiger partial charge in [0, 0.05) is 25.8 Å². The van der Waals surface area contributed by atoms with E-state index in [9.17, 15) is 4.39 Å². The van der Waals surface area contributed by atoms with Crippen LogP contribution >= 0.6 is 23.8 Å². The van der Waals surface area contributed by atoms with Gasteiger partial charge in [0.05, 0.1) is 16.1 Å². The number of hydrogen-bond acceptors (Lipinski definition) is 2. The molecule has 102 valence electrons. The van der Waals surface area contributed by atoms with Crippen LogP contribution in [-0.4, -0.2) is 22.8 Å². The number of aromatic amines is 1.